The molecule has 0 saturated heterocycles. The highest BCUT2D eigenvalue weighted by Gasteiger charge is 2.40. The van der Waals surface area contributed by atoms with Crippen LogP contribution in [0.1, 0.15) is 35.9 Å². The number of rotatable bonds is 3. The molecule has 0 fully saturated rings. The Morgan fingerprint density at radius 2 is 2.19 bits per heavy atom. The van der Waals surface area contributed by atoms with Gasteiger partial charge in [-0.15, -0.1) is 0 Å². The first-order valence-electron chi connectivity index (χ1n) is 7.31. The van der Waals surface area contributed by atoms with E-state index < -0.39 is 5.41 Å². The Morgan fingerprint density at radius 1 is 1.43 bits per heavy atom. The Labute approximate surface area is 130 Å². The molecule has 3 rings (SSSR count). The SMILES string of the molecule is CCc1nn(C)c(CC2(C#N)CCc3ccccc32)c1Cl. The summed E-state index contributed by atoms with van der Waals surface area (Å²) in [5, 5.41) is 15.0. The maximum atomic E-state index is 9.85. The zero-order valence-corrected chi connectivity index (χ0v) is 13.1. The highest BCUT2D eigenvalue weighted by Crippen LogP contribution is 2.42. The fourth-order valence-electron chi connectivity index (χ4n) is 3.32. The van der Waals surface area contributed by atoms with Crippen LogP contribution in [-0.4, -0.2) is 9.78 Å². The van der Waals surface area contributed by atoms with Gasteiger partial charge in [-0.2, -0.15) is 10.4 Å². The summed E-state index contributed by atoms with van der Waals surface area (Å²) in [7, 11) is 1.91. The van der Waals surface area contributed by atoms with Crippen molar-refractivity contribution < 1.29 is 0 Å². The zero-order valence-electron chi connectivity index (χ0n) is 12.4. The van der Waals surface area contributed by atoms with Gasteiger partial charge in [0.05, 0.1) is 27.9 Å². The molecule has 4 heteroatoms. The molecule has 0 bridgehead atoms. The van der Waals surface area contributed by atoms with Gasteiger partial charge in [0, 0.05) is 13.5 Å². The van der Waals surface area contributed by atoms with Gasteiger partial charge in [-0.05, 0) is 30.4 Å². The van der Waals surface area contributed by atoms with Crippen molar-refractivity contribution >= 4 is 11.6 Å². The Kier molecular flexibility index (Phi) is 3.51. The second-order valence-electron chi connectivity index (χ2n) is 5.71. The summed E-state index contributed by atoms with van der Waals surface area (Å²) in [5.74, 6) is 0. The fourth-order valence-corrected chi connectivity index (χ4v) is 3.69. The Hall–Kier alpha value is -1.79. The highest BCUT2D eigenvalue weighted by molar-refractivity contribution is 6.31. The summed E-state index contributed by atoms with van der Waals surface area (Å²) in [6, 6.07) is 10.8. The van der Waals surface area contributed by atoms with Crippen LogP contribution < -0.4 is 0 Å². The minimum Gasteiger partial charge on any atom is -0.271 e. The number of hydrogen-bond donors (Lipinski definition) is 0. The van der Waals surface area contributed by atoms with Crippen molar-refractivity contribution in [3.8, 4) is 6.07 Å². The third-order valence-corrected chi connectivity index (χ3v) is 4.98. The summed E-state index contributed by atoms with van der Waals surface area (Å²) < 4.78 is 1.83. The number of nitrogens with zero attached hydrogens (tertiary/aromatic N) is 3. The predicted molar refractivity (Wildman–Crippen MR) is 83.4 cm³/mol. The molecular formula is C17H18ClN3. The van der Waals surface area contributed by atoms with Crippen molar-refractivity contribution in [2.45, 2.75) is 38.0 Å². The summed E-state index contributed by atoms with van der Waals surface area (Å²) >= 11 is 6.46. The van der Waals surface area contributed by atoms with Crippen LogP contribution in [-0.2, 0) is 31.7 Å². The van der Waals surface area contributed by atoms with Crippen LogP contribution in [0.4, 0.5) is 0 Å². The fraction of sp³-hybridized carbons (Fsp3) is 0.412. The first-order chi connectivity index (χ1) is 10.1. The van der Waals surface area contributed by atoms with E-state index in [0.29, 0.717) is 6.42 Å². The Bertz CT molecular complexity index is 726. The van der Waals surface area contributed by atoms with E-state index in [4.69, 9.17) is 11.6 Å². The van der Waals surface area contributed by atoms with Crippen molar-refractivity contribution in [2.24, 2.45) is 7.05 Å². The molecule has 1 unspecified atom stereocenters. The van der Waals surface area contributed by atoms with Crippen molar-refractivity contribution in [2.75, 3.05) is 0 Å². The normalized spacial score (nSPS) is 20.3. The number of aromatic nitrogens is 2. The van der Waals surface area contributed by atoms with Crippen molar-refractivity contribution in [3.63, 3.8) is 0 Å². The molecule has 21 heavy (non-hydrogen) atoms. The average molecular weight is 300 g/mol. The van der Waals surface area contributed by atoms with E-state index in [2.05, 4.69) is 23.3 Å². The van der Waals surface area contributed by atoms with E-state index in [1.807, 2.05) is 30.8 Å². The van der Waals surface area contributed by atoms with Crippen LogP contribution in [0.15, 0.2) is 24.3 Å². The molecule has 1 aromatic carbocycles. The Balaban J connectivity index is 2.05. The molecule has 108 valence electrons. The number of hydrogen-bond acceptors (Lipinski definition) is 2. The molecule has 0 N–H and O–H groups in total. The van der Waals surface area contributed by atoms with Gasteiger partial charge in [0.15, 0.2) is 0 Å². The van der Waals surface area contributed by atoms with Crippen LogP contribution in [0.5, 0.6) is 0 Å². The minimum atomic E-state index is -0.473. The zero-order chi connectivity index (χ0) is 15.0. The molecule has 1 aromatic heterocycles. The minimum absolute atomic E-state index is 0.473. The van der Waals surface area contributed by atoms with Crippen LogP contribution in [0, 0.1) is 11.3 Å². The van der Waals surface area contributed by atoms with Gasteiger partial charge in [-0.1, -0.05) is 42.8 Å². The van der Waals surface area contributed by atoms with E-state index in [9.17, 15) is 5.26 Å². The molecule has 1 aliphatic rings. The quantitative estimate of drug-likeness (QED) is 0.869. The van der Waals surface area contributed by atoms with E-state index in [-0.39, 0.29) is 0 Å². The van der Waals surface area contributed by atoms with Crippen LogP contribution in [0.3, 0.4) is 0 Å². The van der Waals surface area contributed by atoms with Gasteiger partial charge in [0.1, 0.15) is 0 Å². The monoisotopic (exact) mass is 299 g/mol. The van der Waals surface area contributed by atoms with Crippen molar-refractivity contribution in [3.05, 3.63) is 51.8 Å². The second kappa shape index (κ2) is 5.20. The van der Waals surface area contributed by atoms with E-state index in [1.165, 1.54) is 5.56 Å². The number of fused-ring (bicyclic) bond motifs is 1. The van der Waals surface area contributed by atoms with Gasteiger partial charge in [-0.25, -0.2) is 0 Å². The molecule has 0 radical (unpaired) electrons. The smallest absolute Gasteiger partial charge is 0.0883 e. The third-order valence-electron chi connectivity index (χ3n) is 4.54. The van der Waals surface area contributed by atoms with Gasteiger partial charge in [0.25, 0.3) is 0 Å². The summed E-state index contributed by atoms with van der Waals surface area (Å²) in [5.41, 5.74) is 3.84. The van der Waals surface area contributed by atoms with Crippen LogP contribution in [0.25, 0.3) is 0 Å². The molecule has 0 aliphatic heterocycles. The molecule has 1 heterocycles. The molecule has 0 saturated carbocycles. The lowest BCUT2D eigenvalue weighted by atomic mass is 9.79. The number of aryl methyl sites for hydroxylation is 3. The molecule has 0 amide bonds. The highest BCUT2D eigenvalue weighted by atomic mass is 35.5. The van der Waals surface area contributed by atoms with Gasteiger partial charge in [0.2, 0.25) is 0 Å². The number of nitriles is 1. The van der Waals surface area contributed by atoms with Crippen LogP contribution in [0.2, 0.25) is 5.02 Å². The van der Waals surface area contributed by atoms with E-state index in [1.54, 1.807) is 0 Å². The van der Waals surface area contributed by atoms with Crippen molar-refractivity contribution in [1.82, 2.24) is 9.78 Å². The summed E-state index contributed by atoms with van der Waals surface area (Å²) in [6.45, 7) is 2.04. The lowest BCUT2D eigenvalue weighted by Gasteiger charge is -2.22. The molecule has 1 aliphatic carbocycles. The second-order valence-corrected chi connectivity index (χ2v) is 6.09. The van der Waals surface area contributed by atoms with Gasteiger partial charge in [-0.3, -0.25) is 4.68 Å². The maximum Gasteiger partial charge on any atom is 0.0883 e. The lowest BCUT2D eigenvalue weighted by molar-refractivity contribution is 0.516. The van der Waals surface area contributed by atoms with Crippen LogP contribution >= 0.6 is 11.6 Å². The lowest BCUT2D eigenvalue weighted by Crippen LogP contribution is -2.25. The molecule has 3 nitrogen and oxygen atoms in total. The van der Waals surface area contributed by atoms with Gasteiger partial charge < -0.3 is 0 Å². The van der Waals surface area contributed by atoms with E-state index >= 15 is 0 Å². The topological polar surface area (TPSA) is 41.6 Å². The summed E-state index contributed by atoms with van der Waals surface area (Å²) in [4.78, 5) is 0. The van der Waals surface area contributed by atoms with Crippen molar-refractivity contribution in [1.29, 1.82) is 5.26 Å². The number of halogens is 1. The predicted octanol–water partition coefficient (Wildman–Crippen LogP) is 3.59. The molecule has 1 atom stereocenters. The largest absolute Gasteiger partial charge is 0.271 e. The van der Waals surface area contributed by atoms with Gasteiger partial charge >= 0.3 is 0 Å². The summed E-state index contributed by atoms with van der Waals surface area (Å²) in [6.07, 6.45) is 3.25. The first-order valence-corrected chi connectivity index (χ1v) is 7.69. The number of benzene rings is 1. The third kappa shape index (κ3) is 2.15. The Morgan fingerprint density at radius 3 is 2.86 bits per heavy atom. The molecule has 0 spiro atoms. The van der Waals surface area contributed by atoms with E-state index in [0.717, 1.165) is 41.2 Å². The first kappa shape index (κ1) is 14.2. The maximum absolute atomic E-state index is 9.85. The molecule has 2 aromatic rings. The average Bonchev–Trinajstić information content (AvgIpc) is 3.01. The standard InChI is InChI=1S/C17H18ClN3/c1-3-14-16(18)15(21(2)20-14)10-17(11-19)9-8-12-6-4-5-7-13(12)17/h4-7H,3,8-10H2,1-2H3. The molecular weight excluding hydrogens is 282 g/mol.